The number of esters is 2. The summed E-state index contributed by atoms with van der Waals surface area (Å²) in [5.74, 6) is -0.882. The minimum atomic E-state index is -0.449. The lowest BCUT2D eigenvalue weighted by atomic mass is 10.1. The number of hydrogen-bond donors (Lipinski definition) is 0. The van der Waals surface area contributed by atoms with Crippen molar-refractivity contribution < 1.29 is 19.1 Å². The second kappa shape index (κ2) is 10.5. The molecule has 3 aromatic rings. The summed E-state index contributed by atoms with van der Waals surface area (Å²) in [7, 11) is 1.31. The molecule has 3 rings (SSSR count). The summed E-state index contributed by atoms with van der Waals surface area (Å²) < 4.78 is 11.7. The molecule has 0 aliphatic heterocycles. The Balaban J connectivity index is 1.67. The first-order valence-electron chi connectivity index (χ1n) is 10.3. The second-order valence-corrected chi connectivity index (χ2v) is 7.21. The maximum absolute atomic E-state index is 12.9. The van der Waals surface area contributed by atoms with Crippen LogP contribution in [0.25, 0.3) is 11.0 Å². The summed E-state index contributed by atoms with van der Waals surface area (Å²) in [5.41, 5.74) is 2.81. The molecule has 0 unspecified atom stereocenters. The number of para-hydroxylation sites is 2. The molecule has 0 aliphatic carbocycles. The van der Waals surface area contributed by atoms with Crippen LogP contribution in [-0.4, -0.2) is 28.6 Å². The molecule has 7 heteroatoms. The number of aromatic nitrogens is 2. The minimum absolute atomic E-state index is 0.0373. The topological polar surface area (TPSA) is 87.5 Å². The van der Waals surface area contributed by atoms with Crippen LogP contribution in [0.2, 0.25) is 0 Å². The first-order chi connectivity index (χ1) is 15.0. The zero-order valence-electron chi connectivity index (χ0n) is 17.8. The first kappa shape index (κ1) is 22.2. The van der Waals surface area contributed by atoms with Crippen molar-refractivity contribution in [3.05, 3.63) is 75.7 Å². The highest BCUT2D eigenvalue weighted by molar-refractivity contribution is 5.89. The summed E-state index contributed by atoms with van der Waals surface area (Å²) in [5, 5.41) is 0. The predicted octanol–water partition coefficient (Wildman–Crippen LogP) is 3.66. The number of carbonyl (C=O) groups excluding carboxylic acids is 2. The number of rotatable bonds is 9. The zero-order chi connectivity index (χ0) is 22.2. The fourth-order valence-corrected chi connectivity index (χ4v) is 3.31. The Hall–Kier alpha value is -3.48. The van der Waals surface area contributed by atoms with Crippen molar-refractivity contribution in [2.75, 3.05) is 7.11 Å². The normalized spacial score (nSPS) is 10.8. The fourth-order valence-electron chi connectivity index (χ4n) is 3.31. The molecule has 162 valence electrons. The molecule has 0 spiro atoms. The number of hydrogen-bond acceptors (Lipinski definition) is 6. The molecule has 0 bridgehead atoms. The van der Waals surface area contributed by atoms with E-state index in [4.69, 9.17) is 9.47 Å². The van der Waals surface area contributed by atoms with Gasteiger partial charge < -0.3 is 14.0 Å². The average Bonchev–Trinajstić information content (AvgIpc) is 2.80. The maximum Gasteiger partial charge on any atom is 0.337 e. The van der Waals surface area contributed by atoms with Crippen LogP contribution in [0.15, 0.2) is 53.3 Å². The van der Waals surface area contributed by atoms with Crippen LogP contribution in [0.1, 0.15) is 47.8 Å². The van der Waals surface area contributed by atoms with Crippen molar-refractivity contribution in [1.82, 2.24) is 9.55 Å². The van der Waals surface area contributed by atoms with Crippen molar-refractivity contribution >= 4 is 23.0 Å². The predicted molar refractivity (Wildman–Crippen MR) is 117 cm³/mol. The fraction of sp³-hybridized carbons (Fsp3) is 0.333. The van der Waals surface area contributed by atoms with E-state index in [2.05, 4.69) is 11.9 Å². The van der Waals surface area contributed by atoms with Gasteiger partial charge in [0.2, 0.25) is 0 Å². The van der Waals surface area contributed by atoms with Crippen molar-refractivity contribution in [2.45, 2.75) is 45.8 Å². The number of unbranched alkanes of at least 4 members (excludes halogenated alkanes) is 1. The van der Waals surface area contributed by atoms with E-state index in [1.54, 1.807) is 28.8 Å². The Bertz CT molecular complexity index is 1140. The number of carbonyl (C=O) groups is 2. The van der Waals surface area contributed by atoms with Gasteiger partial charge in [-0.15, -0.1) is 0 Å². The minimum Gasteiger partial charge on any atom is -0.465 e. The third kappa shape index (κ3) is 5.57. The Labute approximate surface area is 180 Å². The van der Waals surface area contributed by atoms with Gasteiger partial charge >= 0.3 is 11.9 Å². The molecule has 0 radical (unpaired) electrons. The average molecular weight is 422 g/mol. The molecule has 0 atom stereocenters. The lowest BCUT2D eigenvalue weighted by molar-refractivity contribution is -0.144. The first-order valence-corrected chi connectivity index (χ1v) is 10.3. The molecule has 0 amide bonds. The van der Waals surface area contributed by atoms with Gasteiger partial charge in [0.1, 0.15) is 12.3 Å². The molecule has 0 N–H and O–H groups in total. The smallest absolute Gasteiger partial charge is 0.337 e. The van der Waals surface area contributed by atoms with Crippen LogP contribution in [0.4, 0.5) is 0 Å². The van der Waals surface area contributed by atoms with E-state index in [0.717, 1.165) is 23.9 Å². The Morgan fingerprint density at radius 1 is 1.10 bits per heavy atom. The molecule has 0 aliphatic rings. The van der Waals surface area contributed by atoms with Crippen molar-refractivity contribution in [1.29, 1.82) is 0 Å². The number of nitrogens with zero attached hydrogens (tertiary/aromatic N) is 2. The van der Waals surface area contributed by atoms with Gasteiger partial charge in [0.25, 0.3) is 5.56 Å². The molecular formula is C24H26N2O5. The third-order valence-electron chi connectivity index (χ3n) is 4.97. The molecule has 31 heavy (non-hydrogen) atoms. The van der Waals surface area contributed by atoms with Gasteiger partial charge in [0, 0.05) is 13.0 Å². The Morgan fingerprint density at radius 3 is 2.68 bits per heavy atom. The van der Waals surface area contributed by atoms with Crippen molar-refractivity contribution in [3.8, 4) is 0 Å². The quantitative estimate of drug-likeness (QED) is 0.489. The van der Waals surface area contributed by atoms with Crippen LogP contribution >= 0.6 is 0 Å². The highest BCUT2D eigenvalue weighted by Crippen LogP contribution is 2.13. The summed E-state index contributed by atoms with van der Waals surface area (Å²) in [4.78, 5) is 41.3. The largest absolute Gasteiger partial charge is 0.465 e. The molecule has 1 heterocycles. The van der Waals surface area contributed by atoms with E-state index in [-0.39, 0.29) is 25.0 Å². The number of ether oxygens (including phenoxy) is 2. The van der Waals surface area contributed by atoms with Gasteiger partial charge in [-0.05, 0) is 36.2 Å². The molecule has 0 saturated heterocycles. The number of aryl methyl sites for hydroxylation is 2. The number of benzene rings is 2. The van der Waals surface area contributed by atoms with E-state index >= 15 is 0 Å². The van der Waals surface area contributed by atoms with Gasteiger partial charge in [0.05, 0.1) is 30.1 Å². The lowest BCUT2D eigenvalue weighted by Gasteiger charge is -2.12. The summed E-state index contributed by atoms with van der Waals surface area (Å²) >= 11 is 0. The van der Waals surface area contributed by atoms with E-state index in [1.165, 1.54) is 7.11 Å². The van der Waals surface area contributed by atoms with Crippen LogP contribution in [0.3, 0.4) is 0 Å². The van der Waals surface area contributed by atoms with Gasteiger partial charge in [0.15, 0.2) is 0 Å². The van der Waals surface area contributed by atoms with E-state index in [1.807, 2.05) is 24.3 Å². The molecule has 0 saturated carbocycles. The van der Waals surface area contributed by atoms with Crippen LogP contribution in [0, 0.1) is 0 Å². The lowest BCUT2D eigenvalue weighted by Crippen LogP contribution is -2.26. The molecule has 2 aromatic carbocycles. The molecular weight excluding hydrogens is 396 g/mol. The van der Waals surface area contributed by atoms with Gasteiger partial charge in [-0.3, -0.25) is 9.59 Å². The van der Waals surface area contributed by atoms with Crippen LogP contribution < -0.4 is 5.56 Å². The highest BCUT2D eigenvalue weighted by Gasteiger charge is 2.13. The van der Waals surface area contributed by atoms with E-state index in [0.29, 0.717) is 23.4 Å². The van der Waals surface area contributed by atoms with E-state index in [9.17, 15) is 14.4 Å². The van der Waals surface area contributed by atoms with Gasteiger partial charge in [-0.25, -0.2) is 9.78 Å². The molecule has 7 nitrogen and oxygen atoms in total. The summed E-state index contributed by atoms with van der Waals surface area (Å²) in [6.45, 7) is 2.73. The second-order valence-electron chi connectivity index (χ2n) is 7.21. The molecule has 1 aromatic heterocycles. The summed E-state index contributed by atoms with van der Waals surface area (Å²) in [6, 6.07) is 14.2. The van der Waals surface area contributed by atoms with E-state index < -0.39 is 11.9 Å². The SMILES string of the molecule is CCCCn1c(=O)c(CCC(=O)OCc2cccc(C(=O)OC)c2)nc2ccccc21. The maximum atomic E-state index is 12.9. The number of methoxy groups -OCH3 is 1. The Morgan fingerprint density at radius 2 is 1.90 bits per heavy atom. The monoisotopic (exact) mass is 422 g/mol. The zero-order valence-corrected chi connectivity index (χ0v) is 17.8. The van der Waals surface area contributed by atoms with Crippen molar-refractivity contribution in [2.24, 2.45) is 0 Å². The Kier molecular flexibility index (Phi) is 7.54. The van der Waals surface area contributed by atoms with Crippen LogP contribution in [-0.2, 0) is 33.8 Å². The number of fused-ring (bicyclic) bond motifs is 1. The third-order valence-corrected chi connectivity index (χ3v) is 4.97. The molecule has 0 fully saturated rings. The van der Waals surface area contributed by atoms with Crippen molar-refractivity contribution in [3.63, 3.8) is 0 Å². The van der Waals surface area contributed by atoms with Gasteiger partial charge in [-0.2, -0.15) is 0 Å². The highest BCUT2D eigenvalue weighted by atomic mass is 16.5. The summed E-state index contributed by atoms with van der Waals surface area (Å²) in [6.07, 6.45) is 2.11. The standard InChI is InChI=1S/C24H26N2O5/c1-3-4-14-26-21-11-6-5-10-19(21)25-20(23(26)28)12-13-22(27)31-16-17-8-7-9-18(15-17)24(29)30-2/h5-11,15H,3-4,12-14,16H2,1-2H3. The van der Waals surface area contributed by atoms with Crippen LogP contribution in [0.5, 0.6) is 0 Å². The van der Waals surface area contributed by atoms with Gasteiger partial charge in [-0.1, -0.05) is 37.6 Å².